The fraction of sp³-hybridized carbons (Fsp3) is 0.941. The molecule has 1 amide bonds. The van der Waals surface area contributed by atoms with Crippen LogP contribution in [0.5, 0.6) is 0 Å². The SMILES string of the molecule is CCC(CC)C(CNC(=O)[C@@H](N)CC(C)C)N1CCOCC1. The molecule has 3 N–H and O–H groups in total. The van der Waals surface area contributed by atoms with E-state index in [1.165, 1.54) is 0 Å². The van der Waals surface area contributed by atoms with Crippen LogP contribution in [0.3, 0.4) is 0 Å². The molecule has 1 rings (SSSR count). The summed E-state index contributed by atoms with van der Waals surface area (Å²) in [6.45, 7) is 12.8. The summed E-state index contributed by atoms with van der Waals surface area (Å²) in [5.74, 6) is 1.02. The molecule has 0 aliphatic carbocycles. The molecule has 130 valence electrons. The third-order valence-electron chi connectivity index (χ3n) is 4.66. The summed E-state index contributed by atoms with van der Waals surface area (Å²) in [4.78, 5) is 14.7. The van der Waals surface area contributed by atoms with Crippen LogP contribution in [0.2, 0.25) is 0 Å². The molecule has 0 bridgehead atoms. The van der Waals surface area contributed by atoms with Gasteiger partial charge in [-0.15, -0.1) is 0 Å². The monoisotopic (exact) mass is 313 g/mol. The molecule has 5 heteroatoms. The highest BCUT2D eigenvalue weighted by atomic mass is 16.5. The Balaban J connectivity index is 2.58. The van der Waals surface area contributed by atoms with Gasteiger partial charge >= 0.3 is 0 Å². The second kappa shape index (κ2) is 10.2. The fourth-order valence-electron chi connectivity index (χ4n) is 3.29. The van der Waals surface area contributed by atoms with Crippen molar-refractivity contribution < 1.29 is 9.53 Å². The lowest BCUT2D eigenvalue weighted by molar-refractivity contribution is -0.123. The maximum absolute atomic E-state index is 12.2. The molecule has 22 heavy (non-hydrogen) atoms. The summed E-state index contributed by atoms with van der Waals surface area (Å²) >= 11 is 0. The molecule has 0 spiro atoms. The van der Waals surface area contributed by atoms with Crippen molar-refractivity contribution in [1.29, 1.82) is 0 Å². The van der Waals surface area contributed by atoms with Crippen molar-refractivity contribution in [2.75, 3.05) is 32.8 Å². The fourth-order valence-corrected chi connectivity index (χ4v) is 3.29. The summed E-state index contributed by atoms with van der Waals surface area (Å²) in [6, 6.07) is -0.0128. The molecule has 1 heterocycles. The predicted molar refractivity (Wildman–Crippen MR) is 90.7 cm³/mol. The number of carbonyl (C=O) groups excluding carboxylic acids is 1. The van der Waals surface area contributed by atoms with E-state index < -0.39 is 6.04 Å². The number of hydrogen-bond acceptors (Lipinski definition) is 4. The molecule has 1 saturated heterocycles. The number of nitrogens with one attached hydrogen (secondary N) is 1. The van der Waals surface area contributed by atoms with Crippen LogP contribution in [0, 0.1) is 11.8 Å². The summed E-state index contributed by atoms with van der Waals surface area (Å²) in [6.07, 6.45) is 3.00. The van der Waals surface area contributed by atoms with E-state index in [1.807, 2.05) is 0 Å². The quantitative estimate of drug-likeness (QED) is 0.679. The summed E-state index contributed by atoms with van der Waals surface area (Å²) in [5.41, 5.74) is 5.98. The predicted octanol–water partition coefficient (Wildman–Crippen LogP) is 1.61. The van der Waals surface area contributed by atoms with Gasteiger partial charge < -0.3 is 15.8 Å². The second-order valence-electron chi connectivity index (χ2n) is 6.77. The van der Waals surface area contributed by atoms with Crippen LogP contribution in [0.4, 0.5) is 0 Å². The lowest BCUT2D eigenvalue weighted by Crippen LogP contribution is -2.53. The third kappa shape index (κ3) is 6.23. The Hall–Kier alpha value is -0.650. The van der Waals surface area contributed by atoms with Gasteiger partial charge in [0.2, 0.25) is 5.91 Å². The topological polar surface area (TPSA) is 67.6 Å². The van der Waals surface area contributed by atoms with Crippen LogP contribution in [-0.4, -0.2) is 55.7 Å². The van der Waals surface area contributed by atoms with E-state index in [9.17, 15) is 4.79 Å². The minimum atomic E-state index is -0.396. The highest BCUT2D eigenvalue weighted by Crippen LogP contribution is 2.19. The number of morpholine rings is 1. The van der Waals surface area contributed by atoms with E-state index in [0.29, 0.717) is 24.4 Å². The van der Waals surface area contributed by atoms with Crippen LogP contribution in [-0.2, 0) is 9.53 Å². The van der Waals surface area contributed by atoms with Gasteiger partial charge in [-0.25, -0.2) is 0 Å². The Morgan fingerprint density at radius 1 is 1.23 bits per heavy atom. The van der Waals surface area contributed by atoms with Crippen molar-refractivity contribution in [3.05, 3.63) is 0 Å². The lowest BCUT2D eigenvalue weighted by Gasteiger charge is -2.39. The minimum Gasteiger partial charge on any atom is -0.379 e. The number of ether oxygens (including phenoxy) is 1. The molecule has 1 aliphatic rings. The van der Waals surface area contributed by atoms with Gasteiger partial charge in [0.25, 0.3) is 0 Å². The molecule has 0 aromatic rings. The molecule has 0 aromatic carbocycles. The molecule has 1 unspecified atom stereocenters. The summed E-state index contributed by atoms with van der Waals surface area (Å²) < 4.78 is 5.46. The molecule has 1 fully saturated rings. The first kappa shape index (κ1) is 19.4. The smallest absolute Gasteiger partial charge is 0.236 e. The van der Waals surface area contributed by atoms with Gasteiger partial charge in [0.15, 0.2) is 0 Å². The molecule has 0 aromatic heterocycles. The number of hydrogen-bond donors (Lipinski definition) is 2. The van der Waals surface area contributed by atoms with E-state index in [-0.39, 0.29) is 5.91 Å². The van der Waals surface area contributed by atoms with Gasteiger partial charge in [0.05, 0.1) is 19.3 Å². The van der Waals surface area contributed by atoms with Crippen LogP contribution in [0.1, 0.15) is 47.0 Å². The lowest BCUT2D eigenvalue weighted by atomic mass is 9.92. The van der Waals surface area contributed by atoms with E-state index in [1.54, 1.807) is 0 Å². The highest BCUT2D eigenvalue weighted by Gasteiger charge is 2.27. The van der Waals surface area contributed by atoms with Crippen LogP contribution in [0.15, 0.2) is 0 Å². The van der Waals surface area contributed by atoms with Gasteiger partial charge in [-0.3, -0.25) is 9.69 Å². The van der Waals surface area contributed by atoms with E-state index in [4.69, 9.17) is 10.5 Å². The van der Waals surface area contributed by atoms with Crippen molar-refractivity contribution in [1.82, 2.24) is 10.2 Å². The maximum Gasteiger partial charge on any atom is 0.236 e. The zero-order chi connectivity index (χ0) is 16.5. The van der Waals surface area contributed by atoms with E-state index >= 15 is 0 Å². The highest BCUT2D eigenvalue weighted by molar-refractivity contribution is 5.81. The van der Waals surface area contributed by atoms with Gasteiger partial charge in [-0.1, -0.05) is 40.5 Å². The molecular formula is C17H35N3O2. The molecule has 0 radical (unpaired) electrons. The summed E-state index contributed by atoms with van der Waals surface area (Å²) in [5, 5.41) is 3.09. The second-order valence-corrected chi connectivity index (χ2v) is 6.77. The summed E-state index contributed by atoms with van der Waals surface area (Å²) in [7, 11) is 0. The van der Waals surface area contributed by atoms with Crippen molar-refractivity contribution in [3.8, 4) is 0 Å². The normalized spacial score (nSPS) is 19.4. The molecule has 0 saturated carbocycles. The minimum absolute atomic E-state index is 0.0158. The van der Waals surface area contributed by atoms with Gasteiger partial charge in [-0.05, 0) is 18.3 Å². The Morgan fingerprint density at radius 3 is 2.32 bits per heavy atom. The van der Waals surface area contributed by atoms with Gasteiger partial charge in [0, 0.05) is 25.7 Å². The number of rotatable bonds is 9. The standard InChI is InChI=1S/C17H35N3O2/c1-5-14(6-2)16(20-7-9-22-10-8-20)12-19-17(21)15(18)11-13(3)4/h13-16H,5-12,18H2,1-4H3,(H,19,21)/t15-,16?/m0/s1. The largest absolute Gasteiger partial charge is 0.379 e. The maximum atomic E-state index is 12.2. The zero-order valence-corrected chi connectivity index (χ0v) is 14.8. The van der Waals surface area contributed by atoms with Crippen molar-refractivity contribution in [2.45, 2.75) is 59.0 Å². The molecule has 5 nitrogen and oxygen atoms in total. The first-order valence-corrected chi connectivity index (χ1v) is 8.84. The Bertz CT molecular complexity index is 313. The van der Waals surface area contributed by atoms with Gasteiger partial charge in [0.1, 0.15) is 0 Å². The Labute approximate surface area is 135 Å². The van der Waals surface area contributed by atoms with Crippen LogP contribution >= 0.6 is 0 Å². The Kier molecular flexibility index (Phi) is 8.98. The van der Waals surface area contributed by atoms with E-state index in [0.717, 1.165) is 45.6 Å². The number of carbonyl (C=O) groups is 1. The van der Waals surface area contributed by atoms with Crippen molar-refractivity contribution in [3.63, 3.8) is 0 Å². The average Bonchev–Trinajstić information content (AvgIpc) is 2.51. The first-order valence-electron chi connectivity index (χ1n) is 8.84. The third-order valence-corrected chi connectivity index (χ3v) is 4.66. The van der Waals surface area contributed by atoms with Crippen LogP contribution in [0.25, 0.3) is 0 Å². The average molecular weight is 313 g/mol. The molecular weight excluding hydrogens is 278 g/mol. The number of amides is 1. The molecule has 2 atom stereocenters. The van der Waals surface area contributed by atoms with Gasteiger partial charge in [-0.2, -0.15) is 0 Å². The molecule has 1 aliphatic heterocycles. The van der Waals surface area contributed by atoms with E-state index in [2.05, 4.69) is 37.9 Å². The van der Waals surface area contributed by atoms with Crippen molar-refractivity contribution >= 4 is 5.91 Å². The first-order chi connectivity index (χ1) is 10.5. The zero-order valence-electron chi connectivity index (χ0n) is 14.8. The van der Waals surface area contributed by atoms with Crippen LogP contribution < -0.4 is 11.1 Å². The number of nitrogens with zero attached hydrogens (tertiary/aromatic N) is 1. The number of nitrogens with two attached hydrogens (primary N) is 1. The Morgan fingerprint density at radius 2 is 1.82 bits per heavy atom. The van der Waals surface area contributed by atoms with Crippen molar-refractivity contribution in [2.24, 2.45) is 17.6 Å².